The minimum atomic E-state index is -0.745. The van der Waals surface area contributed by atoms with E-state index in [0.29, 0.717) is 70.4 Å². The molecule has 0 spiro atoms. The zero-order valence-electron chi connectivity index (χ0n) is 63.5. The summed E-state index contributed by atoms with van der Waals surface area (Å²) in [4.78, 5) is 98.0. The highest BCUT2D eigenvalue weighted by Crippen LogP contribution is 2.31. The van der Waals surface area contributed by atoms with Gasteiger partial charge in [0.1, 0.15) is 63.4 Å². The predicted octanol–water partition coefficient (Wildman–Crippen LogP) is 20.7. The summed E-state index contributed by atoms with van der Waals surface area (Å²) in [6.45, 7) is 9.79. The summed E-state index contributed by atoms with van der Waals surface area (Å²) in [5.74, 6) is 4.63. The summed E-state index contributed by atoms with van der Waals surface area (Å²) >= 11 is 0. The van der Waals surface area contributed by atoms with Gasteiger partial charge in [-0.2, -0.15) is 0 Å². The van der Waals surface area contributed by atoms with Crippen LogP contribution in [0, 0.1) is 0 Å². The number of amides is 2. The van der Waals surface area contributed by atoms with Crippen LogP contribution in [-0.4, -0.2) is 100 Å². The van der Waals surface area contributed by atoms with Crippen molar-refractivity contribution in [2.45, 2.75) is 55.4 Å². The molecule has 3 aliphatic rings. The molecule has 1 saturated heterocycles. The number of nitrogens with zero attached hydrogens (tertiary/aromatic N) is 4. The van der Waals surface area contributed by atoms with Crippen molar-refractivity contribution >= 4 is 89.7 Å². The summed E-state index contributed by atoms with van der Waals surface area (Å²) in [6, 6.07) is 79.8. The van der Waals surface area contributed by atoms with Crippen molar-refractivity contribution in [2.75, 3.05) is 20.7 Å². The first-order valence-corrected chi connectivity index (χ1v) is 35.3. The average Bonchev–Trinajstić information content (AvgIpc) is 1.68. The number of rotatable bonds is 16. The van der Waals surface area contributed by atoms with Crippen LogP contribution >= 0.6 is 0 Å². The normalized spacial score (nSPS) is 13.4. The summed E-state index contributed by atoms with van der Waals surface area (Å²) in [5, 5.41) is 26.3. The Hall–Kier alpha value is -15.5. The molecular formula is C91H82N4O21. The molecule has 9 heterocycles. The van der Waals surface area contributed by atoms with Gasteiger partial charge in [-0.05, 0) is 73.7 Å². The van der Waals surface area contributed by atoms with Gasteiger partial charge in [-0.3, -0.25) is 19.2 Å². The number of allylic oxidation sites excluding steroid dienone is 2. The Kier molecular flexibility index (Phi) is 34.0. The van der Waals surface area contributed by atoms with Crippen molar-refractivity contribution < 1.29 is 99.1 Å². The summed E-state index contributed by atoms with van der Waals surface area (Å²) in [5.41, 5.74) is 6.39. The van der Waals surface area contributed by atoms with E-state index in [0.717, 1.165) is 55.6 Å². The molecule has 25 heteroatoms. The average molecular weight is 1570 g/mol. The van der Waals surface area contributed by atoms with Crippen LogP contribution < -0.4 is 4.74 Å². The Morgan fingerprint density at radius 3 is 0.948 bits per heavy atom. The highest BCUT2D eigenvalue weighted by atomic mass is 16.6. The third-order valence-electron chi connectivity index (χ3n) is 15.3. The van der Waals surface area contributed by atoms with Crippen molar-refractivity contribution in [3.05, 3.63) is 312 Å². The number of carboxylic acid groups (broad SMARTS) is 1. The van der Waals surface area contributed by atoms with Crippen molar-refractivity contribution in [1.82, 2.24) is 4.90 Å². The Morgan fingerprint density at radius 1 is 0.431 bits per heavy atom. The van der Waals surface area contributed by atoms with Crippen molar-refractivity contribution in [2.24, 2.45) is 15.0 Å². The molecular weight excluding hydrogens is 1490 g/mol. The number of aliphatic imine (C=N–C) groups is 3. The lowest BCUT2D eigenvalue weighted by Crippen LogP contribution is -2.23. The quantitative estimate of drug-likeness (QED) is 0.0202. The van der Waals surface area contributed by atoms with Crippen LogP contribution in [0.2, 0.25) is 0 Å². The number of aliphatic hydroxyl groups excluding tert-OH is 2. The third kappa shape index (κ3) is 27.5. The van der Waals surface area contributed by atoms with E-state index in [2.05, 4.69) is 15.0 Å². The largest absolute Gasteiger partial charge is 0.504 e. The number of likely N-dealkylation sites (N-methyl/N-ethyl adjacent to an activating group) is 1. The Morgan fingerprint density at radius 2 is 0.716 bits per heavy atom. The number of aliphatic hydroxyl groups is 2. The molecule has 0 radical (unpaired) electrons. The van der Waals surface area contributed by atoms with Crippen LogP contribution in [0.4, 0.5) is 4.79 Å². The lowest BCUT2D eigenvalue weighted by Gasteiger charge is -1.96. The van der Waals surface area contributed by atoms with Crippen LogP contribution in [0.3, 0.4) is 0 Å². The second kappa shape index (κ2) is 45.0. The molecule has 3 aliphatic heterocycles. The van der Waals surface area contributed by atoms with Crippen LogP contribution in [0.5, 0.6) is 5.95 Å². The fraction of sp³-hybridized carbons (Fsp3) is 0.121. The van der Waals surface area contributed by atoms with E-state index < -0.39 is 29.9 Å². The Bertz CT molecular complexity index is 5300. The molecule has 0 saturated carbocycles. The molecule has 6 aromatic heterocycles. The Balaban J connectivity index is 0.000000188. The molecule has 6 aromatic carbocycles. The molecule has 0 atom stereocenters. The lowest BCUT2D eigenvalue weighted by atomic mass is 10.2. The van der Waals surface area contributed by atoms with Gasteiger partial charge in [0.25, 0.3) is 11.9 Å². The van der Waals surface area contributed by atoms with E-state index in [1.54, 1.807) is 95.5 Å². The number of carbonyl (C=O) groups excluding carboxylic acids is 7. The van der Waals surface area contributed by atoms with Crippen molar-refractivity contribution in [3.8, 4) is 73.9 Å². The van der Waals surface area contributed by atoms with Gasteiger partial charge in [0.15, 0.2) is 46.3 Å². The van der Waals surface area contributed by atoms with Gasteiger partial charge in [0.2, 0.25) is 11.8 Å². The number of imide groups is 1. The minimum Gasteiger partial charge on any atom is -0.504 e. The minimum absolute atomic E-state index is 0. The fourth-order valence-corrected chi connectivity index (χ4v) is 9.64. The molecule has 15 rings (SSSR count). The number of esters is 2. The van der Waals surface area contributed by atoms with E-state index in [4.69, 9.17) is 55.4 Å². The summed E-state index contributed by atoms with van der Waals surface area (Å²) in [7, 11) is 2.96. The van der Waals surface area contributed by atoms with Gasteiger partial charge >= 0.3 is 24.0 Å². The van der Waals surface area contributed by atoms with Gasteiger partial charge in [-0.1, -0.05) is 196 Å². The molecule has 12 aromatic rings. The van der Waals surface area contributed by atoms with E-state index in [1.807, 2.05) is 206 Å². The van der Waals surface area contributed by atoms with Crippen molar-refractivity contribution in [1.29, 1.82) is 0 Å². The predicted molar refractivity (Wildman–Crippen MR) is 439 cm³/mol. The number of methoxy groups -OCH3 is 1. The maximum atomic E-state index is 11.7. The van der Waals surface area contributed by atoms with Gasteiger partial charge in [-0.15, -0.1) is 0 Å². The van der Waals surface area contributed by atoms with Gasteiger partial charge in [-0.25, -0.2) is 39.1 Å². The molecule has 0 bridgehead atoms. The van der Waals surface area contributed by atoms with Crippen LogP contribution in [-0.2, 0) is 47.8 Å². The fourth-order valence-electron chi connectivity index (χ4n) is 9.64. The molecule has 0 unspecified atom stereocenters. The molecule has 3 N–H and O–H groups in total. The Labute approximate surface area is 667 Å². The number of ether oxygens (including phenoxy) is 4. The SMILES string of the molecule is C.CC(=O)/C(O)=C/c1ccc(-c2ccccc2)o1.CC(=O)/C(O)=C/c1ccc(-c2ccccc2)o1.CC1=N/C(=C/c2ccc(-c3ccccc3)o2)C(=O)O1.CC1=N/C(=C/c2ccc(-c3ccccc3)o2)C(=O)O1.CCC(=O)O.CCN=C=O.CN1C(=O)O/C(=C\c2ccc(-c3ccccc3)o2)C1=O.COc1ccc(-c2ccccc2)o1. The number of hydrogen-bond acceptors (Lipinski definition) is 23. The first-order valence-electron chi connectivity index (χ1n) is 35.3. The second-order valence-electron chi connectivity index (χ2n) is 23.9. The van der Waals surface area contributed by atoms with Crippen LogP contribution in [0.15, 0.2) is 325 Å². The number of carbonyl (C=O) groups is 7. The van der Waals surface area contributed by atoms with E-state index in [1.165, 1.54) is 45.2 Å². The number of ketones is 2. The van der Waals surface area contributed by atoms with E-state index >= 15 is 0 Å². The summed E-state index contributed by atoms with van der Waals surface area (Å²) in [6.07, 6.45) is 8.12. The zero-order valence-corrected chi connectivity index (χ0v) is 63.5. The molecule has 2 amide bonds. The number of benzene rings is 6. The van der Waals surface area contributed by atoms with Crippen LogP contribution in [0.1, 0.15) is 84.2 Å². The number of furan rings is 6. The molecule has 116 heavy (non-hydrogen) atoms. The number of aliphatic carboxylic acids is 1. The number of Topliss-reactive ketones (excluding diaryl/α,β-unsaturated/α-hetero) is 2. The van der Waals surface area contributed by atoms with E-state index in [9.17, 15) is 43.8 Å². The standard InChI is InChI=1S/C15H11NO4.2C15H11NO3.2C14H12O3.C11H10O2.C3H5NO.C3H6O2.CH4/c1-16-14(17)13(20-15(16)18)9-11-7-8-12(19-11)10-5-3-2-4-6-10;2*1-10-16-13(15(17)18-10)9-12-7-8-14(19-12)11-5-3-2-4-6-11;2*1-10(15)13(16)9-12-7-8-14(17-12)11-5-3-2-4-6-11;1-12-11-8-7-10(13-11)9-5-3-2-4-6-9;1-2-4-3-5;1-2-3(4)5;/h2-9H,1H3;2*2-9H,1H3;2*2-9,16H,1H3;2-8H,1H3;2H2,1H3;2H2,1H3,(H,4,5);1H4/b13-9-;2*13-9+;2*13-9-;;;;. The highest BCUT2D eigenvalue weighted by molar-refractivity contribution is 6.10. The van der Waals surface area contributed by atoms with E-state index in [-0.39, 0.29) is 54.1 Å². The molecule has 0 aliphatic carbocycles. The smallest absolute Gasteiger partial charge is 0.422 e. The highest BCUT2D eigenvalue weighted by Gasteiger charge is 2.33. The monoisotopic (exact) mass is 1570 g/mol. The molecule has 592 valence electrons. The van der Waals surface area contributed by atoms with Gasteiger partial charge in [0, 0.05) is 118 Å². The number of hydrogen-bond donors (Lipinski definition) is 3. The number of cyclic esters (lactones) is 3. The third-order valence-corrected chi connectivity index (χ3v) is 15.3. The topological polar surface area (TPSA) is 353 Å². The van der Waals surface area contributed by atoms with Crippen LogP contribution in [0.25, 0.3) is 98.3 Å². The van der Waals surface area contributed by atoms with Crippen molar-refractivity contribution in [3.63, 3.8) is 0 Å². The van der Waals surface area contributed by atoms with Gasteiger partial charge in [0.05, 0.1) is 7.11 Å². The maximum absolute atomic E-state index is 11.7. The first kappa shape index (κ1) is 87.7. The summed E-state index contributed by atoms with van der Waals surface area (Å²) < 4.78 is 52.8. The molecule has 1 fully saturated rings. The maximum Gasteiger partial charge on any atom is 0.422 e. The first-order chi connectivity index (χ1) is 55.5. The number of carboxylic acids is 1. The second-order valence-corrected chi connectivity index (χ2v) is 23.9. The zero-order chi connectivity index (χ0) is 82.6. The molecule has 25 nitrogen and oxygen atoms in total. The van der Waals surface area contributed by atoms with Gasteiger partial charge < -0.3 is 60.8 Å². The lowest BCUT2D eigenvalue weighted by molar-refractivity contribution is -0.136. The number of isocyanates is 1.